The molecule has 1 amide bonds. The van der Waals surface area contributed by atoms with E-state index in [-0.39, 0.29) is 5.91 Å². The second kappa shape index (κ2) is 7.53. The quantitative estimate of drug-likeness (QED) is 0.743. The molecule has 3 aromatic rings. The Bertz CT molecular complexity index is 887. The first kappa shape index (κ1) is 17.9. The summed E-state index contributed by atoms with van der Waals surface area (Å²) in [6.45, 7) is 5.50. The highest BCUT2D eigenvalue weighted by Crippen LogP contribution is 2.26. The standard InChI is InChI=1S/C18H18ClN5O2/c1-11-8-16(9-12(2)17(11)19)26-13(3)18(25)21-14-4-6-15(7-5-14)24-10-20-22-23-24/h4-10,13H,1-3H3,(H,21,25). The summed E-state index contributed by atoms with van der Waals surface area (Å²) in [5, 5.41) is 14.5. The van der Waals surface area contributed by atoms with E-state index in [0.717, 1.165) is 16.8 Å². The number of rotatable bonds is 5. The van der Waals surface area contributed by atoms with Gasteiger partial charge < -0.3 is 10.1 Å². The molecule has 1 heterocycles. The Morgan fingerprint density at radius 2 is 1.85 bits per heavy atom. The van der Waals surface area contributed by atoms with Crippen molar-refractivity contribution in [1.82, 2.24) is 20.2 Å². The Morgan fingerprint density at radius 3 is 2.42 bits per heavy atom. The van der Waals surface area contributed by atoms with Crippen molar-refractivity contribution in [3.8, 4) is 11.4 Å². The third kappa shape index (κ3) is 4.00. The molecule has 0 aliphatic rings. The molecule has 0 aliphatic heterocycles. The number of ether oxygens (including phenoxy) is 1. The Balaban J connectivity index is 1.64. The van der Waals surface area contributed by atoms with Gasteiger partial charge in [0.15, 0.2) is 6.10 Å². The summed E-state index contributed by atoms with van der Waals surface area (Å²) in [5.41, 5.74) is 3.27. The van der Waals surface area contributed by atoms with Crippen molar-refractivity contribution in [2.45, 2.75) is 26.9 Å². The second-order valence-electron chi connectivity index (χ2n) is 5.92. The van der Waals surface area contributed by atoms with Crippen LogP contribution in [0, 0.1) is 13.8 Å². The zero-order valence-electron chi connectivity index (χ0n) is 14.6. The minimum atomic E-state index is -0.658. The van der Waals surface area contributed by atoms with Crippen LogP contribution in [0.3, 0.4) is 0 Å². The van der Waals surface area contributed by atoms with Gasteiger partial charge in [-0.3, -0.25) is 4.79 Å². The van der Waals surface area contributed by atoms with Crippen molar-refractivity contribution in [3.63, 3.8) is 0 Å². The third-order valence-electron chi connectivity index (χ3n) is 3.84. The number of anilines is 1. The molecule has 3 rings (SSSR count). The summed E-state index contributed by atoms with van der Waals surface area (Å²) < 4.78 is 7.28. The highest BCUT2D eigenvalue weighted by atomic mass is 35.5. The van der Waals surface area contributed by atoms with Crippen LogP contribution in [0.15, 0.2) is 42.7 Å². The van der Waals surface area contributed by atoms with E-state index < -0.39 is 6.10 Å². The van der Waals surface area contributed by atoms with Crippen LogP contribution in [0.25, 0.3) is 5.69 Å². The van der Waals surface area contributed by atoms with Gasteiger partial charge in [-0.25, -0.2) is 4.68 Å². The number of carbonyl (C=O) groups excluding carboxylic acids is 1. The lowest BCUT2D eigenvalue weighted by atomic mass is 10.1. The van der Waals surface area contributed by atoms with Gasteiger partial charge in [0.05, 0.1) is 5.69 Å². The lowest BCUT2D eigenvalue weighted by Gasteiger charge is -2.16. The molecule has 0 saturated carbocycles. The van der Waals surface area contributed by atoms with Crippen molar-refractivity contribution >= 4 is 23.2 Å². The van der Waals surface area contributed by atoms with Crippen LogP contribution in [-0.4, -0.2) is 32.2 Å². The van der Waals surface area contributed by atoms with E-state index in [0.29, 0.717) is 16.5 Å². The Kier molecular flexibility index (Phi) is 5.18. The summed E-state index contributed by atoms with van der Waals surface area (Å²) in [4.78, 5) is 12.4. The number of aromatic nitrogens is 4. The molecule has 134 valence electrons. The molecule has 1 N–H and O–H groups in total. The molecule has 2 aromatic carbocycles. The van der Waals surface area contributed by atoms with E-state index in [9.17, 15) is 4.79 Å². The van der Waals surface area contributed by atoms with E-state index in [1.165, 1.54) is 11.0 Å². The molecule has 1 unspecified atom stereocenters. The predicted molar refractivity (Wildman–Crippen MR) is 98.8 cm³/mol. The maximum atomic E-state index is 12.4. The van der Waals surface area contributed by atoms with Gasteiger partial charge in [-0.2, -0.15) is 0 Å². The van der Waals surface area contributed by atoms with Crippen LogP contribution in [0.4, 0.5) is 5.69 Å². The molecule has 0 fully saturated rings. The minimum absolute atomic E-state index is 0.245. The van der Waals surface area contributed by atoms with E-state index in [1.807, 2.05) is 38.1 Å². The molecule has 0 aliphatic carbocycles. The summed E-state index contributed by atoms with van der Waals surface area (Å²) in [6.07, 6.45) is 0.841. The molecule has 7 nitrogen and oxygen atoms in total. The molecule has 1 atom stereocenters. The van der Waals surface area contributed by atoms with Crippen LogP contribution in [0.1, 0.15) is 18.1 Å². The topological polar surface area (TPSA) is 81.9 Å². The zero-order chi connectivity index (χ0) is 18.7. The number of tetrazole rings is 1. The van der Waals surface area contributed by atoms with Crippen LogP contribution < -0.4 is 10.1 Å². The number of hydrogen-bond donors (Lipinski definition) is 1. The minimum Gasteiger partial charge on any atom is -0.481 e. The van der Waals surface area contributed by atoms with Crippen molar-refractivity contribution in [1.29, 1.82) is 0 Å². The number of halogens is 1. The number of amides is 1. The fourth-order valence-corrected chi connectivity index (χ4v) is 2.56. The first-order valence-corrected chi connectivity index (χ1v) is 8.39. The Morgan fingerprint density at radius 1 is 1.19 bits per heavy atom. The summed E-state index contributed by atoms with van der Waals surface area (Å²) in [5.74, 6) is 0.367. The lowest BCUT2D eigenvalue weighted by molar-refractivity contribution is -0.122. The van der Waals surface area contributed by atoms with Crippen molar-refractivity contribution in [2.24, 2.45) is 0 Å². The van der Waals surface area contributed by atoms with E-state index >= 15 is 0 Å². The lowest BCUT2D eigenvalue weighted by Crippen LogP contribution is -2.30. The average molecular weight is 372 g/mol. The Labute approximate surface area is 155 Å². The van der Waals surface area contributed by atoms with Crippen molar-refractivity contribution in [3.05, 3.63) is 58.9 Å². The SMILES string of the molecule is Cc1cc(OC(C)C(=O)Nc2ccc(-n3cnnn3)cc2)cc(C)c1Cl. The normalized spacial score (nSPS) is 11.8. The highest BCUT2D eigenvalue weighted by Gasteiger charge is 2.16. The maximum Gasteiger partial charge on any atom is 0.265 e. The molecule has 0 spiro atoms. The third-order valence-corrected chi connectivity index (χ3v) is 4.44. The number of carbonyl (C=O) groups is 1. The summed E-state index contributed by atoms with van der Waals surface area (Å²) in [6, 6.07) is 10.8. The number of hydrogen-bond acceptors (Lipinski definition) is 5. The smallest absolute Gasteiger partial charge is 0.265 e. The molecule has 26 heavy (non-hydrogen) atoms. The molecule has 0 saturated heterocycles. The maximum absolute atomic E-state index is 12.4. The number of benzene rings is 2. The summed E-state index contributed by atoms with van der Waals surface area (Å²) >= 11 is 6.16. The van der Waals surface area contributed by atoms with Gasteiger partial charge in [0.2, 0.25) is 0 Å². The number of nitrogens with zero attached hydrogens (tertiary/aromatic N) is 4. The molecule has 1 aromatic heterocycles. The van der Waals surface area contributed by atoms with Gasteiger partial charge in [0.25, 0.3) is 5.91 Å². The molecular formula is C18H18ClN5O2. The predicted octanol–water partition coefficient (Wildman–Crippen LogP) is 3.34. The monoisotopic (exact) mass is 371 g/mol. The highest BCUT2D eigenvalue weighted by molar-refractivity contribution is 6.32. The molecule has 8 heteroatoms. The van der Waals surface area contributed by atoms with Gasteiger partial charge >= 0.3 is 0 Å². The first-order valence-electron chi connectivity index (χ1n) is 8.02. The van der Waals surface area contributed by atoms with Gasteiger partial charge in [0.1, 0.15) is 12.1 Å². The van der Waals surface area contributed by atoms with Gasteiger partial charge in [-0.05, 0) is 78.7 Å². The number of nitrogens with one attached hydrogen (secondary N) is 1. The number of aryl methyl sites for hydroxylation is 2. The van der Waals surface area contributed by atoms with Gasteiger partial charge in [0, 0.05) is 10.7 Å². The zero-order valence-corrected chi connectivity index (χ0v) is 15.4. The van der Waals surface area contributed by atoms with E-state index in [2.05, 4.69) is 20.8 Å². The van der Waals surface area contributed by atoms with Crippen LogP contribution in [-0.2, 0) is 4.79 Å². The summed E-state index contributed by atoms with van der Waals surface area (Å²) in [7, 11) is 0. The molecule has 0 radical (unpaired) electrons. The van der Waals surface area contributed by atoms with Crippen LogP contribution in [0.5, 0.6) is 5.75 Å². The van der Waals surface area contributed by atoms with Crippen molar-refractivity contribution < 1.29 is 9.53 Å². The fourth-order valence-electron chi connectivity index (χ4n) is 2.45. The first-order chi connectivity index (χ1) is 12.4. The van der Waals surface area contributed by atoms with Gasteiger partial charge in [-0.1, -0.05) is 11.6 Å². The van der Waals surface area contributed by atoms with E-state index in [1.54, 1.807) is 19.1 Å². The van der Waals surface area contributed by atoms with Crippen LogP contribution >= 0.6 is 11.6 Å². The largest absolute Gasteiger partial charge is 0.481 e. The van der Waals surface area contributed by atoms with Gasteiger partial charge in [-0.15, -0.1) is 5.10 Å². The second-order valence-corrected chi connectivity index (χ2v) is 6.30. The van der Waals surface area contributed by atoms with Crippen molar-refractivity contribution in [2.75, 3.05) is 5.32 Å². The average Bonchev–Trinajstić information content (AvgIpc) is 3.15. The molecular weight excluding hydrogens is 354 g/mol. The van der Waals surface area contributed by atoms with Crippen LogP contribution in [0.2, 0.25) is 5.02 Å². The Hall–Kier alpha value is -2.93. The molecule has 0 bridgehead atoms. The fraction of sp³-hybridized carbons (Fsp3) is 0.222. The van der Waals surface area contributed by atoms with E-state index in [4.69, 9.17) is 16.3 Å².